The summed E-state index contributed by atoms with van der Waals surface area (Å²) >= 11 is 0. The smallest absolute Gasteiger partial charge is 0.467 e. The number of methoxy groups -OCH3 is 1. The third-order valence-corrected chi connectivity index (χ3v) is 6.74. The zero-order valence-corrected chi connectivity index (χ0v) is 23.8. The maximum atomic E-state index is 13.7. The number of hydrogen-bond donors (Lipinski definition) is 2. The monoisotopic (exact) mass is 585 g/mol. The minimum atomic E-state index is -4.83. The number of hydrogen-bond acceptors (Lipinski definition) is 6. The minimum Gasteiger partial charge on any atom is -0.467 e. The molecule has 224 valence electrons. The summed E-state index contributed by atoms with van der Waals surface area (Å²) in [4.78, 5) is 37.4. The molecule has 0 aliphatic heterocycles. The van der Waals surface area contributed by atoms with Crippen LogP contribution in [0.5, 0.6) is 5.75 Å². The molecule has 3 aromatic rings. The van der Waals surface area contributed by atoms with Gasteiger partial charge in [0.25, 0.3) is 5.91 Å². The van der Waals surface area contributed by atoms with Crippen LogP contribution in [0.2, 0.25) is 0 Å². The Hall–Kier alpha value is -4.18. The van der Waals surface area contributed by atoms with E-state index in [9.17, 15) is 32.7 Å². The van der Waals surface area contributed by atoms with Crippen molar-refractivity contribution in [1.29, 1.82) is 0 Å². The number of aryl methyl sites for hydroxylation is 1. The SMILES string of the molecule is COC(=O)[C@H](O)CNC(=O)c1ccc(C(=O)C(CCc2ccc(C(C)(C)C)cc2)c2ccc(OC(F)(F)F)cc2)cc1. The van der Waals surface area contributed by atoms with Crippen LogP contribution < -0.4 is 10.1 Å². The number of halogens is 3. The Kier molecular flexibility index (Phi) is 10.5. The number of benzene rings is 3. The number of amides is 1. The molecule has 3 rings (SSSR count). The highest BCUT2D eigenvalue weighted by atomic mass is 19.4. The first kappa shape index (κ1) is 32.3. The number of rotatable bonds is 11. The number of alkyl halides is 3. The zero-order valence-electron chi connectivity index (χ0n) is 23.8. The van der Waals surface area contributed by atoms with E-state index in [1.807, 2.05) is 24.3 Å². The van der Waals surface area contributed by atoms with Gasteiger partial charge in [0.2, 0.25) is 0 Å². The molecule has 42 heavy (non-hydrogen) atoms. The average molecular weight is 586 g/mol. The minimum absolute atomic E-state index is 0.0124. The van der Waals surface area contributed by atoms with Crippen LogP contribution >= 0.6 is 0 Å². The van der Waals surface area contributed by atoms with E-state index in [-0.39, 0.29) is 29.1 Å². The van der Waals surface area contributed by atoms with Gasteiger partial charge in [-0.3, -0.25) is 9.59 Å². The van der Waals surface area contributed by atoms with Gasteiger partial charge >= 0.3 is 12.3 Å². The van der Waals surface area contributed by atoms with Gasteiger partial charge in [0, 0.05) is 17.0 Å². The molecular weight excluding hydrogens is 551 g/mol. The lowest BCUT2D eigenvalue weighted by molar-refractivity contribution is -0.274. The summed E-state index contributed by atoms with van der Waals surface area (Å²) in [7, 11) is 1.11. The zero-order chi connectivity index (χ0) is 31.1. The van der Waals surface area contributed by atoms with Crippen molar-refractivity contribution in [3.63, 3.8) is 0 Å². The third kappa shape index (κ3) is 9.17. The van der Waals surface area contributed by atoms with E-state index in [1.54, 1.807) is 0 Å². The molecule has 10 heteroatoms. The van der Waals surface area contributed by atoms with Crippen LogP contribution in [0.4, 0.5) is 13.2 Å². The van der Waals surface area contributed by atoms with Gasteiger partial charge in [0.1, 0.15) is 5.75 Å². The Morgan fingerprint density at radius 1 is 0.857 bits per heavy atom. The largest absolute Gasteiger partial charge is 0.573 e. The van der Waals surface area contributed by atoms with Crippen molar-refractivity contribution in [2.45, 2.75) is 57.4 Å². The predicted molar refractivity (Wildman–Crippen MR) is 150 cm³/mol. The Morgan fingerprint density at radius 2 is 1.43 bits per heavy atom. The second kappa shape index (κ2) is 13.7. The number of aliphatic hydroxyl groups is 1. The predicted octanol–water partition coefficient (Wildman–Crippen LogP) is 5.75. The molecule has 0 aromatic heterocycles. The van der Waals surface area contributed by atoms with Gasteiger partial charge in [-0.05, 0) is 59.2 Å². The Balaban J connectivity index is 1.80. The first-order valence-electron chi connectivity index (χ1n) is 13.3. The van der Waals surface area contributed by atoms with E-state index in [0.29, 0.717) is 24.0 Å². The molecule has 0 aliphatic rings. The molecule has 0 spiro atoms. The fourth-order valence-corrected chi connectivity index (χ4v) is 4.33. The quantitative estimate of drug-likeness (QED) is 0.220. The number of ketones is 1. The van der Waals surface area contributed by atoms with Gasteiger partial charge in [-0.1, -0.05) is 69.3 Å². The highest BCUT2D eigenvalue weighted by molar-refractivity contribution is 6.02. The van der Waals surface area contributed by atoms with Gasteiger partial charge in [-0.15, -0.1) is 13.2 Å². The number of aliphatic hydroxyl groups excluding tert-OH is 1. The van der Waals surface area contributed by atoms with E-state index in [1.165, 1.54) is 54.1 Å². The Labute approximate surface area is 242 Å². The van der Waals surface area contributed by atoms with Gasteiger partial charge in [-0.2, -0.15) is 0 Å². The van der Waals surface area contributed by atoms with Crippen molar-refractivity contribution in [2.24, 2.45) is 0 Å². The lowest BCUT2D eigenvalue weighted by atomic mass is 9.84. The number of nitrogens with one attached hydrogen (secondary N) is 1. The van der Waals surface area contributed by atoms with E-state index < -0.39 is 30.3 Å². The lowest BCUT2D eigenvalue weighted by Gasteiger charge is -2.20. The van der Waals surface area contributed by atoms with Crippen molar-refractivity contribution >= 4 is 17.7 Å². The summed E-state index contributed by atoms with van der Waals surface area (Å²) in [6.07, 6.45) is -5.41. The molecule has 0 radical (unpaired) electrons. The van der Waals surface area contributed by atoms with Crippen molar-refractivity contribution in [1.82, 2.24) is 5.32 Å². The molecule has 0 fully saturated rings. The summed E-state index contributed by atoms with van der Waals surface area (Å²) in [6.45, 7) is 6.00. The maximum absolute atomic E-state index is 13.7. The van der Waals surface area contributed by atoms with Gasteiger partial charge in [-0.25, -0.2) is 4.79 Å². The van der Waals surface area contributed by atoms with Gasteiger partial charge < -0.3 is 19.9 Å². The molecule has 7 nitrogen and oxygen atoms in total. The maximum Gasteiger partial charge on any atom is 0.573 e. The molecule has 0 aliphatic carbocycles. The summed E-state index contributed by atoms with van der Waals surface area (Å²) in [5.41, 5.74) is 3.21. The first-order valence-corrected chi connectivity index (χ1v) is 13.3. The standard InChI is InChI=1S/C32H34F3NO6/c1-31(2,3)24-14-5-20(6-15-24)7-18-26(21-12-16-25(17-13-21)42-32(33,34)35)28(38)22-8-10-23(11-9-22)29(39)36-19-27(37)30(40)41-4/h5-6,8-17,26-27,37H,7,18-19H2,1-4H3,(H,36,39)/t26?,27-/m1/s1. The second-order valence-corrected chi connectivity index (χ2v) is 10.8. The summed E-state index contributed by atoms with van der Waals surface area (Å²) in [6, 6.07) is 19.2. The Morgan fingerprint density at radius 3 is 1.95 bits per heavy atom. The first-order chi connectivity index (χ1) is 19.7. The van der Waals surface area contributed by atoms with Crippen LogP contribution in [-0.4, -0.2) is 48.9 Å². The third-order valence-electron chi connectivity index (χ3n) is 6.74. The molecule has 2 N–H and O–H groups in total. The molecule has 1 amide bonds. The molecule has 0 heterocycles. The number of esters is 1. The summed E-state index contributed by atoms with van der Waals surface area (Å²) < 4.78 is 46.3. The van der Waals surface area contributed by atoms with Crippen LogP contribution in [0.1, 0.15) is 70.5 Å². The molecule has 2 atom stereocenters. The van der Waals surface area contributed by atoms with Crippen molar-refractivity contribution in [3.8, 4) is 5.75 Å². The molecule has 0 saturated carbocycles. The summed E-state index contributed by atoms with van der Waals surface area (Å²) in [5, 5.41) is 12.1. The highest BCUT2D eigenvalue weighted by Crippen LogP contribution is 2.30. The number of carbonyl (C=O) groups excluding carboxylic acids is 3. The second-order valence-electron chi connectivity index (χ2n) is 10.8. The van der Waals surface area contributed by atoms with Crippen LogP contribution in [0.25, 0.3) is 0 Å². The molecule has 1 unspecified atom stereocenters. The van der Waals surface area contributed by atoms with E-state index in [4.69, 9.17) is 0 Å². The number of carbonyl (C=O) groups is 3. The van der Waals surface area contributed by atoms with E-state index in [2.05, 4.69) is 35.6 Å². The molecular formula is C32H34F3NO6. The van der Waals surface area contributed by atoms with Gasteiger partial charge in [0.05, 0.1) is 13.7 Å². The van der Waals surface area contributed by atoms with Crippen LogP contribution in [0, 0.1) is 0 Å². The van der Waals surface area contributed by atoms with Crippen LogP contribution in [0.15, 0.2) is 72.8 Å². The molecule has 0 bridgehead atoms. The highest BCUT2D eigenvalue weighted by Gasteiger charge is 2.31. The van der Waals surface area contributed by atoms with Crippen LogP contribution in [0.3, 0.4) is 0 Å². The van der Waals surface area contributed by atoms with E-state index >= 15 is 0 Å². The number of Topliss-reactive ketones (excluding diaryl/α,β-unsaturated/α-hetero) is 1. The Bertz CT molecular complexity index is 1360. The average Bonchev–Trinajstić information content (AvgIpc) is 2.95. The van der Waals surface area contributed by atoms with Crippen molar-refractivity contribution < 1.29 is 42.1 Å². The molecule has 0 saturated heterocycles. The topological polar surface area (TPSA) is 102 Å². The normalized spacial score (nSPS) is 13.1. The van der Waals surface area contributed by atoms with Crippen molar-refractivity contribution in [2.75, 3.05) is 13.7 Å². The molecule has 3 aromatic carbocycles. The van der Waals surface area contributed by atoms with Gasteiger partial charge in [0.15, 0.2) is 11.9 Å². The van der Waals surface area contributed by atoms with Crippen LogP contribution in [-0.2, 0) is 21.4 Å². The summed E-state index contributed by atoms with van der Waals surface area (Å²) in [5.74, 6) is -2.78. The fourth-order valence-electron chi connectivity index (χ4n) is 4.33. The lowest BCUT2D eigenvalue weighted by Crippen LogP contribution is -2.37. The fraction of sp³-hybridized carbons (Fsp3) is 0.344. The van der Waals surface area contributed by atoms with E-state index in [0.717, 1.165) is 12.7 Å². The van der Waals surface area contributed by atoms with Crippen molar-refractivity contribution in [3.05, 3.63) is 101 Å². The number of ether oxygens (including phenoxy) is 2.